The Labute approximate surface area is 109 Å². The number of ether oxygens (including phenoxy) is 2. The number of rotatable bonds is 1. The van der Waals surface area contributed by atoms with Crippen LogP contribution in [0.25, 0.3) is 0 Å². The molecule has 2 heterocycles. The van der Waals surface area contributed by atoms with Crippen molar-refractivity contribution in [3.05, 3.63) is 12.3 Å². The lowest BCUT2D eigenvalue weighted by Crippen LogP contribution is -2.17. The first kappa shape index (κ1) is 16.2. The average molecular weight is 254 g/mol. The molecule has 0 aliphatic carbocycles. The molecule has 5 heteroatoms. The quantitative estimate of drug-likeness (QED) is 0.837. The zero-order valence-electron chi connectivity index (χ0n) is 11.7. The van der Waals surface area contributed by atoms with Gasteiger partial charge < -0.3 is 14.8 Å². The summed E-state index contributed by atoms with van der Waals surface area (Å²) in [5.41, 5.74) is 0.613. The van der Waals surface area contributed by atoms with E-state index in [-0.39, 0.29) is 5.91 Å². The maximum atomic E-state index is 10.8. The number of pyridine rings is 1. The SMILES string of the molecule is CC.CC.CC(=O)Nc1cnc2c(c1)OCCO2. The summed E-state index contributed by atoms with van der Waals surface area (Å²) in [6.07, 6.45) is 1.54. The maximum absolute atomic E-state index is 10.8. The topological polar surface area (TPSA) is 60.5 Å². The molecule has 102 valence electrons. The molecule has 2 rings (SSSR count). The van der Waals surface area contributed by atoms with Crippen molar-refractivity contribution in [1.29, 1.82) is 0 Å². The van der Waals surface area contributed by atoms with Gasteiger partial charge in [-0.3, -0.25) is 4.79 Å². The Bertz CT molecular complexity index is 367. The van der Waals surface area contributed by atoms with E-state index in [9.17, 15) is 4.79 Å². The molecule has 0 saturated carbocycles. The van der Waals surface area contributed by atoms with Crippen molar-refractivity contribution in [3.63, 3.8) is 0 Å². The molecule has 1 N–H and O–H groups in total. The van der Waals surface area contributed by atoms with E-state index in [0.29, 0.717) is 30.5 Å². The predicted octanol–water partition coefficient (Wildman–Crippen LogP) is 2.86. The zero-order chi connectivity index (χ0) is 14.0. The Kier molecular flexibility index (Phi) is 8.35. The summed E-state index contributed by atoms with van der Waals surface area (Å²) in [5, 5.41) is 2.62. The van der Waals surface area contributed by atoms with Gasteiger partial charge in [-0.05, 0) is 0 Å². The largest absolute Gasteiger partial charge is 0.484 e. The summed E-state index contributed by atoms with van der Waals surface area (Å²) in [5.74, 6) is 0.913. The second-order valence-electron chi connectivity index (χ2n) is 2.91. The van der Waals surface area contributed by atoms with Gasteiger partial charge in [-0.2, -0.15) is 0 Å². The Morgan fingerprint density at radius 2 is 1.83 bits per heavy atom. The Morgan fingerprint density at radius 1 is 1.22 bits per heavy atom. The van der Waals surface area contributed by atoms with Crippen molar-refractivity contribution in [1.82, 2.24) is 4.98 Å². The van der Waals surface area contributed by atoms with Crippen LogP contribution in [-0.2, 0) is 4.79 Å². The number of fused-ring (bicyclic) bond motifs is 1. The molecule has 0 saturated heterocycles. The van der Waals surface area contributed by atoms with Gasteiger partial charge in [0.25, 0.3) is 5.88 Å². The van der Waals surface area contributed by atoms with Gasteiger partial charge in [-0.15, -0.1) is 0 Å². The number of hydrogen-bond donors (Lipinski definition) is 1. The molecule has 1 aromatic rings. The van der Waals surface area contributed by atoms with Crippen LogP contribution in [0, 0.1) is 0 Å². The summed E-state index contributed by atoms with van der Waals surface area (Å²) in [7, 11) is 0. The monoisotopic (exact) mass is 254 g/mol. The summed E-state index contributed by atoms with van der Waals surface area (Å²) in [6.45, 7) is 10.5. The molecular formula is C13H22N2O3. The molecule has 0 fully saturated rings. The smallest absolute Gasteiger partial charge is 0.257 e. The normalized spacial score (nSPS) is 11.2. The van der Waals surface area contributed by atoms with E-state index in [1.807, 2.05) is 27.7 Å². The van der Waals surface area contributed by atoms with Gasteiger partial charge in [0.1, 0.15) is 13.2 Å². The first-order valence-electron chi connectivity index (χ1n) is 6.29. The Hall–Kier alpha value is -1.78. The first-order chi connectivity index (χ1) is 8.75. The lowest BCUT2D eigenvalue weighted by molar-refractivity contribution is -0.114. The van der Waals surface area contributed by atoms with Crippen molar-refractivity contribution in [2.24, 2.45) is 0 Å². The van der Waals surface area contributed by atoms with Crippen LogP contribution in [0.3, 0.4) is 0 Å². The van der Waals surface area contributed by atoms with Crippen molar-refractivity contribution < 1.29 is 14.3 Å². The highest BCUT2D eigenvalue weighted by molar-refractivity contribution is 5.88. The van der Waals surface area contributed by atoms with E-state index < -0.39 is 0 Å². The third kappa shape index (κ3) is 5.03. The van der Waals surface area contributed by atoms with Crippen LogP contribution < -0.4 is 14.8 Å². The molecule has 18 heavy (non-hydrogen) atoms. The molecule has 1 aliphatic heterocycles. The van der Waals surface area contributed by atoms with E-state index in [2.05, 4.69) is 10.3 Å². The van der Waals surface area contributed by atoms with Crippen LogP contribution in [-0.4, -0.2) is 24.1 Å². The number of nitrogens with one attached hydrogen (secondary N) is 1. The van der Waals surface area contributed by atoms with E-state index in [0.717, 1.165) is 0 Å². The molecule has 0 unspecified atom stereocenters. The van der Waals surface area contributed by atoms with E-state index in [4.69, 9.17) is 9.47 Å². The lowest BCUT2D eigenvalue weighted by atomic mass is 10.3. The van der Waals surface area contributed by atoms with Crippen LogP contribution >= 0.6 is 0 Å². The third-order valence-corrected chi connectivity index (χ3v) is 1.72. The van der Waals surface area contributed by atoms with Crippen LogP contribution in [0.15, 0.2) is 12.3 Å². The minimum atomic E-state index is -0.136. The minimum Gasteiger partial charge on any atom is -0.484 e. The molecule has 0 spiro atoms. The van der Waals surface area contributed by atoms with Crippen LogP contribution in [0.5, 0.6) is 11.6 Å². The fourth-order valence-electron chi connectivity index (χ4n) is 1.21. The van der Waals surface area contributed by atoms with Gasteiger partial charge in [0.2, 0.25) is 5.91 Å². The molecular weight excluding hydrogens is 232 g/mol. The second-order valence-corrected chi connectivity index (χ2v) is 2.91. The number of hydrogen-bond acceptors (Lipinski definition) is 4. The van der Waals surface area contributed by atoms with Gasteiger partial charge in [0.15, 0.2) is 5.75 Å². The predicted molar refractivity (Wildman–Crippen MR) is 72.2 cm³/mol. The molecule has 1 aliphatic rings. The number of anilines is 1. The van der Waals surface area contributed by atoms with Crippen molar-refractivity contribution in [3.8, 4) is 11.6 Å². The minimum absolute atomic E-state index is 0.136. The standard InChI is InChI=1S/C9H10N2O3.2C2H6/c1-6(12)11-7-4-8-9(10-5-7)14-3-2-13-8;2*1-2/h4-5H,2-3H2,1H3,(H,11,12);2*1-2H3. The molecule has 0 radical (unpaired) electrons. The average Bonchev–Trinajstić information content (AvgIpc) is 2.42. The highest BCUT2D eigenvalue weighted by Gasteiger charge is 2.13. The maximum Gasteiger partial charge on any atom is 0.257 e. The van der Waals surface area contributed by atoms with Crippen molar-refractivity contribution in [2.45, 2.75) is 34.6 Å². The molecule has 0 bridgehead atoms. The van der Waals surface area contributed by atoms with Crippen molar-refractivity contribution in [2.75, 3.05) is 18.5 Å². The van der Waals surface area contributed by atoms with Crippen LogP contribution in [0.4, 0.5) is 5.69 Å². The summed E-state index contributed by atoms with van der Waals surface area (Å²) < 4.78 is 10.5. The number of amides is 1. The molecule has 5 nitrogen and oxygen atoms in total. The van der Waals surface area contributed by atoms with Crippen LogP contribution in [0.2, 0.25) is 0 Å². The van der Waals surface area contributed by atoms with E-state index in [1.165, 1.54) is 13.1 Å². The fourth-order valence-corrected chi connectivity index (χ4v) is 1.21. The zero-order valence-corrected chi connectivity index (χ0v) is 11.7. The molecule has 0 atom stereocenters. The van der Waals surface area contributed by atoms with Gasteiger partial charge in [-0.25, -0.2) is 4.98 Å². The third-order valence-electron chi connectivity index (χ3n) is 1.72. The second kappa shape index (κ2) is 9.27. The van der Waals surface area contributed by atoms with E-state index >= 15 is 0 Å². The van der Waals surface area contributed by atoms with Gasteiger partial charge >= 0.3 is 0 Å². The first-order valence-corrected chi connectivity index (χ1v) is 6.29. The fraction of sp³-hybridized carbons (Fsp3) is 0.538. The van der Waals surface area contributed by atoms with Crippen molar-refractivity contribution >= 4 is 11.6 Å². The number of carbonyl (C=O) groups is 1. The number of aromatic nitrogens is 1. The van der Waals surface area contributed by atoms with Gasteiger partial charge in [0, 0.05) is 13.0 Å². The lowest BCUT2D eigenvalue weighted by Gasteiger charge is -2.17. The van der Waals surface area contributed by atoms with Gasteiger partial charge in [-0.1, -0.05) is 27.7 Å². The molecule has 1 aromatic heterocycles. The Balaban J connectivity index is 0.000000659. The highest BCUT2D eigenvalue weighted by atomic mass is 16.6. The Morgan fingerprint density at radius 3 is 2.44 bits per heavy atom. The van der Waals surface area contributed by atoms with E-state index in [1.54, 1.807) is 6.07 Å². The summed E-state index contributed by atoms with van der Waals surface area (Å²) >= 11 is 0. The van der Waals surface area contributed by atoms with Crippen LogP contribution in [0.1, 0.15) is 34.6 Å². The number of nitrogens with zero attached hydrogens (tertiary/aromatic N) is 1. The summed E-state index contributed by atoms with van der Waals surface area (Å²) in [6, 6.07) is 1.70. The molecule has 1 amide bonds. The molecule has 0 aromatic carbocycles. The highest BCUT2D eigenvalue weighted by Crippen LogP contribution is 2.29. The van der Waals surface area contributed by atoms with Gasteiger partial charge in [0.05, 0.1) is 11.9 Å². The number of carbonyl (C=O) groups excluding carboxylic acids is 1. The summed E-state index contributed by atoms with van der Waals surface area (Å²) in [4.78, 5) is 14.8.